The first-order valence-corrected chi connectivity index (χ1v) is 7.76. The third kappa shape index (κ3) is 3.58. The highest BCUT2D eigenvalue weighted by Crippen LogP contribution is 2.31. The molecule has 112 valence electrons. The summed E-state index contributed by atoms with van der Waals surface area (Å²) in [7, 11) is 0. The van der Waals surface area contributed by atoms with Gasteiger partial charge in [0.1, 0.15) is 5.92 Å². The Balaban J connectivity index is 2.08. The predicted octanol–water partition coefficient (Wildman–Crippen LogP) is 3.56. The molecule has 0 aliphatic heterocycles. The molecule has 0 N–H and O–H groups in total. The maximum Gasteiger partial charge on any atom is 0.318 e. The quantitative estimate of drug-likeness (QED) is 0.609. The standard InChI is InChI=1S/C15H24N2O3/c1-3-12(15(18)19-4-2)14-16-13(17-20-14)11-9-7-5-6-8-10-11/h11-12H,3-10H2,1-2H3. The van der Waals surface area contributed by atoms with E-state index in [-0.39, 0.29) is 5.97 Å². The molecule has 0 aromatic carbocycles. The van der Waals surface area contributed by atoms with Crippen LogP contribution in [-0.4, -0.2) is 22.7 Å². The average molecular weight is 280 g/mol. The molecule has 1 aromatic rings. The zero-order valence-electron chi connectivity index (χ0n) is 12.4. The normalized spacial score (nSPS) is 18.5. The van der Waals surface area contributed by atoms with Gasteiger partial charge in [0.25, 0.3) is 0 Å². The molecule has 5 heteroatoms. The van der Waals surface area contributed by atoms with E-state index >= 15 is 0 Å². The molecule has 20 heavy (non-hydrogen) atoms. The minimum Gasteiger partial charge on any atom is -0.465 e. The first-order chi connectivity index (χ1) is 9.76. The molecule has 1 saturated carbocycles. The number of carbonyl (C=O) groups is 1. The van der Waals surface area contributed by atoms with Gasteiger partial charge in [-0.15, -0.1) is 0 Å². The van der Waals surface area contributed by atoms with E-state index in [1.165, 1.54) is 25.7 Å². The van der Waals surface area contributed by atoms with Crippen LogP contribution in [0.1, 0.15) is 82.3 Å². The van der Waals surface area contributed by atoms with Crippen molar-refractivity contribution >= 4 is 5.97 Å². The number of carbonyl (C=O) groups excluding carboxylic acids is 1. The maximum atomic E-state index is 11.9. The van der Waals surface area contributed by atoms with Crippen LogP contribution in [0, 0.1) is 0 Å². The molecule has 0 radical (unpaired) electrons. The summed E-state index contributed by atoms with van der Waals surface area (Å²) in [6.07, 6.45) is 7.89. The van der Waals surface area contributed by atoms with E-state index in [4.69, 9.17) is 9.26 Å². The van der Waals surface area contributed by atoms with E-state index in [1.54, 1.807) is 6.92 Å². The molecule has 0 spiro atoms. The molecular weight excluding hydrogens is 256 g/mol. The van der Waals surface area contributed by atoms with Crippen LogP contribution in [0.15, 0.2) is 4.52 Å². The number of aromatic nitrogens is 2. The van der Waals surface area contributed by atoms with Crippen LogP contribution in [-0.2, 0) is 9.53 Å². The molecular formula is C15H24N2O3. The van der Waals surface area contributed by atoms with Crippen molar-refractivity contribution in [1.29, 1.82) is 0 Å². The van der Waals surface area contributed by atoms with Crippen molar-refractivity contribution in [2.24, 2.45) is 0 Å². The van der Waals surface area contributed by atoms with Crippen LogP contribution in [0.3, 0.4) is 0 Å². The fourth-order valence-electron chi connectivity index (χ4n) is 2.78. The summed E-state index contributed by atoms with van der Waals surface area (Å²) in [5.74, 6) is 0.859. The van der Waals surface area contributed by atoms with Gasteiger partial charge in [0.05, 0.1) is 6.61 Å². The van der Waals surface area contributed by atoms with Gasteiger partial charge in [-0.05, 0) is 26.2 Å². The van der Waals surface area contributed by atoms with Crippen LogP contribution in [0.2, 0.25) is 0 Å². The van der Waals surface area contributed by atoms with E-state index in [0.717, 1.165) is 18.7 Å². The molecule has 0 amide bonds. The van der Waals surface area contributed by atoms with E-state index in [2.05, 4.69) is 10.1 Å². The van der Waals surface area contributed by atoms with E-state index in [0.29, 0.717) is 24.8 Å². The van der Waals surface area contributed by atoms with Crippen LogP contribution in [0.25, 0.3) is 0 Å². The number of esters is 1. The highest BCUT2D eigenvalue weighted by molar-refractivity contribution is 5.76. The Morgan fingerprint density at radius 1 is 1.30 bits per heavy atom. The van der Waals surface area contributed by atoms with Crippen molar-refractivity contribution in [3.8, 4) is 0 Å². The molecule has 0 saturated heterocycles. The highest BCUT2D eigenvalue weighted by atomic mass is 16.5. The third-order valence-electron chi connectivity index (χ3n) is 3.96. The summed E-state index contributed by atoms with van der Waals surface area (Å²) in [4.78, 5) is 16.3. The first kappa shape index (κ1) is 15.0. The van der Waals surface area contributed by atoms with Crippen molar-refractivity contribution < 1.29 is 14.1 Å². The zero-order chi connectivity index (χ0) is 14.4. The second-order valence-corrected chi connectivity index (χ2v) is 5.39. The number of hydrogen-bond acceptors (Lipinski definition) is 5. The molecule has 1 unspecified atom stereocenters. The number of ether oxygens (including phenoxy) is 1. The van der Waals surface area contributed by atoms with Gasteiger partial charge in [-0.1, -0.05) is 37.8 Å². The van der Waals surface area contributed by atoms with Gasteiger partial charge in [-0.2, -0.15) is 4.98 Å². The van der Waals surface area contributed by atoms with Gasteiger partial charge < -0.3 is 9.26 Å². The lowest BCUT2D eigenvalue weighted by Gasteiger charge is -2.09. The minimum absolute atomic E-state index is 0.272. The molecule has 0 bridgehead atoms. The van der Waals surface area contributed by atoms with Gasteiger partial charge in [0.2, 0.25) is 5.89 Å². The lowest BCUT2D eigenvalue weighted by Crippen LogP contribution is -2.15. The third-order valence-corrected chi connectivity index (χ3v) is 3.96. The first-order valence-electron chi connectivity index (χ1n) is 7.76. The van der Waals surface area contributed by atoms with Crippen LogP contribution < -0.4 is 0 Å². The molecule has 2 rings (SSSR count). The Morgan fingerprint density at radius 3 is 2.60 bits per heavy atom. The Kier molecular flexibility index (Phi) is 5.56. The minimum atomic E-state index is -0.429. The Bertz CT molecular complexity index is 423. The second-order valence-electron chi connectivity index (χ2n) is 5.39. The van der Waals surface area contributed by atoms with E-state index in [1.807, 2.05) is 6.92 Å². The molecule has 1 heterocycles. The summed E-state index contributed by atoms with van der Waals surface area (Å²) < 4.78 is 10.4. The molecule has 5 nitrogen and oxygen atoms in total. The monoisotopic (exact) mass is 280 g/mol. The topological polar surface area (TPSA) is 65.2 Å². The van der Waals surface area contributed by atoms with Crippen molar-refractivity contribution in [2.75, 3.05) is 6.61 Å². The smallest absolute Gasteiger partial charge is 0.318 e. The Morgan fingerprint density at radius 2 is 2.00 bits per heavy atom. The number of rotatable bonds is 5. The highest BCUT2D eigenvalue weighted by Gasteiger charge is 2.28. The maximum absolute atomic E-state index is 11.9. The van der Waals surface area contributed by atoms with Crippen molar-refractivity contribution in [1.82, 2.24) is 10.1 Å². The molecule has 1 aliphatic rings. The largest absolute Gasteiger partial charge is 0.465 e. The summed E-state index contributed by atoms with van der Waals surface area (Å²) in [5.41, 5.74) is 0. The van der Waals surface area contributed by atoms with Crippen molar-refractivity contribution in [3.63, 3.8) is 0 Å². The van der Waals surface area contributed by atoms with Gasteiger partial charge in [-0.25, -0.2) is 0 Å². The van der Waals surface area contributed by atoms with Gasteiger partial charge in [-0.3, -0.25) is 4.79 Å². The van der Waals surface area contributed by atoms with E-state index < -0.39 is 5.92 Å². The summed E-state index contributed by atoms with van der Waals surface area (Å²) >= 11 is 0. The lowest BCUT2D eigenvalue weighted by molar-refractivity contribution is -0.145. The lowest BCUT2D eigenvalue weighted by atomic mass is 10.00. The van der Waals surface area contributed by atoms with Gasteiger partial charge in [0, 0.05) is 5.92 Å². The fourth-order valence-corrected chi connectivity index (χ4v) is 2.78. The summed E-state index contributed by atoms with van der Waals surface area (Å²) in [6, 6.07) is 0. The average Bonchev–Trinajstić information content (AvgIpc) is 2.75. The van der Waals surface area contributed by atoms with Crippen molar-refractivity contribution in [3.05, 3.63) is 11.7 Å². The predicted molar refractivity (Wildman–Crippen MR) is 74.4 cm³/mol. The summed E-state index contributed by atoms with van der Waals surface area (Å²) in [5, 5.41) is 4.10. The Hall–Kier alpha value is -1.39. The van der Waals surface area contributed by atoms with Crippen LogP contribution in [0.5, 0.6) is 0 Å². The van der Waals surface area contributed by atoms with Crippen LogP contribution >= 0.6 is 0 Å². The zero-order valence-corrected chi connectivity index (χ0v) is 12.4. The van der Waals surface area contributed by atoms with Crippen LogP contribution in [0.4, 0.5) is 0 Å². The number of nitrogens with zero attached hydrogens (tertiary/aromatic N) is 2. The second kappa shape index (κ2) is 7.41. The SMILES string of the molecule is CCOC(=O)C(CC)c1nc(C2CCCCCC2)no1. The fraction of sp³-hybridized carbons (Fsp3) is 0.800. The molecule has 1 aromatic heterocycles. The van der Waals surface area contributed by atoms with Crippen molar-refractivity contribution in [2.45, 2.75) is 70.6 Å². The van der Waals surface area contributed by atoms with Gasteiger partial charge >= 0.3 is 5.97 Å². The Labute approximate surface area is 120 Å². The number of hydrogen-bond donors (Lipinski definition) is 0. The molecule has 1 atom stereocenters. The van der Waals surface area contributed by atoms with Gasteiger partial charge in [0.15, 0.2) is 5.82 Å². The molecule has 1 fully saturated rings. The van der Waals surface area contributed by atoms with E-state index in [9.17, 15) is 4.79 Å². The molecule has 1 aliphatic carbocycles. The summed E-state index contributed by atoms with van der Waals surface area (Å²) in [6.45, 7) is 4.10.